The fourth-order valence-corrected chi connectivity index (χ4v) is 4.66. The minimum absolute atomic E-state index is 0.139. The number of thioether (sulfide) groups is 1. The fourth-order valence-electron chi connectivity index (χ4n) is 3.29. The number of ketones is 1. The highest BCUT2D eigenvalue weighted by atomic mass is 32.2. The largest absolute Gasteiger partial charge is 0.328 e. The van der Waals surface area contributed by atoms with Crippen molar-refractivity contribution in [2.24, 2.45) is 5.92 Å². The van der Waals surface area contributed by atoms with Gasteiger partial charge in [0.15, 0.2) is 5.78 Å². The standard InChI is InChI=1S/C16H18N4OS2/c1-3-22-16-18-15-17-10-7-9(2)8-11(21)13(10)14(20(15)19-16)12-5-4-6-23-12/h4-6,9,14H,3,7-8H2,1-2H3,(H,17,18,19). The molecular formula is C16H18N4OS2. The first-order valence-electron chi connectivity index (χ1n) is 7.83. The Morgan fingerprint density at radius 2 is 2.35 bits per heavy atom. The Kier molecular flexibility index (Phi) is 3.77. The molecule has 7 heteroatoms. The molecule has 1 aliphatic heterocycles. The van der Waals surface area contributed by atoms with Crippen molar-refractivity contribution in [3.63, 3.8) is 0 Å². The number of allylic oxidation sites excluding steroid dienone is 2. The van der Waals surface area contributed by atoms with E-state index in [0.717, 1.165) is 39.4 Å². The van der Waals surface area contributed by atoms with Crippen LogP contribution in [-0.2, 0) is 4.79 Å². The van der Waals surface area contributed by atoms with E-state index in [1.54, 1.807) is 23.1 Å². The van der Waals surface area contributed by atoms with Gasteiger partial charge >= 0.3 is 0 Å². The van der Waals surface area contributed by atoms with E-state index in [2.05, 4.69) is 35.3 Å². The molecule has 1 N–H and O–H groups in total. The number of fused-ring (bicyclic) bond motifs is 1. The summed E-state index contributed by atoms with van der Waals surface area (Å²) in [6.45, 7) is 4.21. The number of thiophene rings is 1. The first-order valence-corrected chi connectivity index (χ1v) is 9.70. The molecule has 5 nitrogen and oxygen atoms in total. The number of rotatable bonds is 3. The van der Waals surface area contributed by atoms with Gasteiger partial charge in [0.2, 0.25) is 11.1 Å². The van der Waals surface area contributed by atoms with Crippen molar-refractivity contribution < 1.29 is 4.79 Å². The normalized spacial score (nSPS) is 23.5. The summed E-state index contributed by atoms with van der Waals surface area (Å²) in [6.07, 6.45) is 1.51. The van der Waals surface area contributed by atoms with Gasteiger partial charge in [-0.25, -0.2) is 4.68 Å². The fraction of sp³-hybridized carbons (Fsp3) is 0.438. The zero-order valence-electron chi connectivity index (χ0n) is 13.1. The van der Waals surface area contributed by atoms with Crippen LogP contribution in [0.5, 0.6) is 0 Å². The summed E-state index contributed by atoms with van der Waals surface area (Å²) in [5.74, 6) is 2.28. The molecule has 3 heterocycles. The lowest BCUT2D eigenvalue weighted by atomic mass is 9.83. The number of carbonyl (C=O) groups excluding carboxylic acids is 1. The van der Waals surface area contributed by atoms with Gasteiger partial charge in [-0.3, -0.25) is 4.79 Å². The van der Waals surface area contributed by atoms with Crippen LogP contribution < -0.4 is 5.32 Å². The first kappa shape index (κ1) is 15.0. The summed E-state index contributed by atoms with van der Waals surface area (Å²) in [4.78, 5) is 18.5. The predicted molar refractivity (Wildman–Crippen MR) is 92.9 cm³/mol. The van der Waals surface area contributed by atoms with E-state index in [-0.39, 0.29) is 11.8 Å². The third-order valence-electron chi connectivity index (χ3n) is 4.19. The zero-order chi connectivity index (χ0) is 16.0. The Morgan fingerprint density at radius 3 is 3.09 bits per heavy atom. The van der Waals surface area contributed by atoms with Gasteiger partial charge in [-0.05, 0) is 29.5 Å². The van der Waals surface area contributed by atoms with Crippen LogP contribution in [0.25, 0.3) is 0 Å². The summed E-state index contributed by atoms with van der Waals surface area (Å²) >= 11 is 3.28. The van der Waals surface area contributed by atoms with Crippen LogP contribution in [0.1, 0.15) is 37.6 Å². The zero-order valence-corrected chi connectivity index (χ0v) is 14.7. The van der Waals surface area contributed by atoms with Gasteiger partial charge in [0.25, 0.3) is 0 Å². The van der Waals surface area contributed by atoms with E-state index in [4.69, 9.17) is 0 Å². The number of aromatic nitrogens is 3. The third-order valence-corrected chi connectivity index (χ3v) is 5.84. The molecule has 23 heavy (non-hydrogen) atoms. The highest BCUT2D eigenvalue weighted by molar-refractivity contribution is 7.99. The molecule has 120 valence electrons. The first-order chi connectivity index (χ1) is 11.2. The van der Waals surface area contributed by atoms with Crippen LogP contribution in [-0.4, -0.2) is 26.3 Å². The number of Topliss-reactive ketones (excluding diaryl/α,β-unsaturated/α-hetero) is 1. The number of carbonyl (C=O) groups is 1. The average Bonchev–Trinajstić information content (AvgIpc) is 3.13. The Balaban J connectivity index is 1.86. The summed E-state index contributed by atoms with van der Waals surface area (Å²) in [5, 5.41) is 10.8. The minimum atomic E-state index is -0.139. The molecule has 4 rings (SSSR count). The molecule has 2 aromatic heterocycles. The van der Waals surface area contributed by atoms with E-state index >= 15 is 0 Å². The molecule has 0 radical (unpaired) electrons. The second kappa shape index (κ2) is 5.79. The molecule has 0 spiro atoms. The van der Waals surface area contributed by atoms with E-state index in [0.29, 0.717) is 12.3 Å². The Labute approximate surface area is 143 Å². The Bertz CT molecular complexity index is 778. The monoisotopic (exact) mass is 346 g/mol. The van der Waals surface area contributed by atoms with Crippen molar-refractivity contribution in [3.05, 3.63) is 33.7 Å². The van der Waals surface area contributed by atoms with Crippen LogP contribution in [0, 0.1) is 5.92 Å². The highest BCUT2D eigenvalue weighted by Gasteiger charge is 2.38. The topological polar surface area (TPSA) is 59.8 Å². The van der Waals surface area contributed by atoms with E-state index in [1.807, 2.05) is 16.1 Å². The third kappa shape index (κ3) is 2.52. The van der Waals surface area contributed by atoms with E-state index in [1.165, 1.54) is 0 Å². The lowest BCUT2D eigenvalue weighted by Crippen LogP contribution is -2.33. The van der Waals surface area contributed by atoms with Crippen molar-refractivity contribution in [1.29, 1.82) is 0 Å². The number of hydrogen-bond acceptors (Lipinski definition) is 6. The van der Waals surface area contributed by atoms with Gasteiger partial charge in [0.1, 0.15) is 6.04 Å². The summed E-state index contributed by atoms with van der Waals surface area (Å²) < 4.78 is 1.89. The van der Waals surface area contributed by atoms with Gasteiger partial charge in [-0.1, -0.05) is 31.7 Å². The van der Waals surface area contributed by atoms with Crippen molar-refractivity contribution in [3.8, 4) is 0 Å². The Hall–Kier alpha value is -1.60. The van der Waals surface area contributed by atoms with Gasteiger partial charge in [0.05, 0.1) is 0 Å². The molecule has 2 unspecified atom stereocenters. The van der Waals surface area contributed by atoms with Crippen LogP contribution >= 0.6 is 23.1 Å². The van der Waals surface area contributed by atoms with Crippen LogP contribution in [0.3, 0.4) is 0 Å². The van der Waals surface area contributed by atoms with Gasteiger partial charge in [-0.2, -0.15) is 4.98 Å². The SMILES string of the molecule is CCSc1nc2n(n1)C(c1cccs1)C1=C(CC(C)CC1=O)N2. The Morgan fingerprint density at radius 1 is 1.48 bits per heavy atom. The van der Waals surface area contributed by atoms with Crippen LogP contribution in [0.4, 0.5) is 5.95 Å². The second-order valence-corrected chi connectivity index (χ2v) is 8.18. The quantitative estimate of drug-likeness (QED) is 0.858. The molecule has 0 fully saturated rings. The number of nitrogens with zero attached hydrogens (tertiary/aromatic N) is 3. The summed E-state index contributed by atoms with van der Waals surface area (Å²) in [5.41, 5.74) is 1.90. The number of anilines is 1. The van der Waals surface area contributed by atoms with Gasteiger partial charge in [-0.15, -0.1) is 16.4 Å². The van der Waals surface area contributed by atoms with Crippen molar-refractivity contribution in [2.45, 2.75) is 37.9 Å². The number of hydrogen-bond donors (Lipinski definition) is 1. The van der Waals surface area contributed by atoms with Gasteiger partial charge in [0, 0.05) is 22.6 Å². The lowest BCUT2D eigenvalue weighted by Gasteiger charge is -2.33. The lowest BCUT2D eigenvalue weighted by molar-refractivity contribution is -0.117. The minimum Gasteiger partial charge on any atom is -0.328 e. The molecule has 0 aromatic carbocycles. The van der Waals surface area contributed by atoms with Crippen molar-refractivity contribution in [2.75, 3.05) is 11.1 Å². The van der Waals surface area contributed by atoms with Gasteiger partial charge < -0.3 is 5.32 Å². The van der Waals surface area contributed by atoms with Crippen LogP contribution in [0.15, 0.2) is 33.9 Å². The number of nitrogens with one attached hydrogen (secondary N) is 1. The molecule has 2 aromatic rings. The van der Waals surface area contributed by atoms with Crippen LogP contribution in [0.2, 0.25) is 0 Å². The maximum atomic E-state index is 12.7. The highest BCUT2D eigenvalue weighted by Crippen LogP contribution is 2.42. The van der Waals surface area contributed by atoms with Crippen molar-refractivity contribution in [1.82, 2.24) is 14.8 Å². The molecule has 1 aliphatic carbocycles. The predicted octanol–water partition coefficient (Wildman–Crippen LogP) is 3.72. The maximum Gasteiger partial charge on any atom is 0.227 e. The van der Waals surface area contributed by atoms with E-state index in [9.17, 15) is 4.79 Å². The molecule has 0 bridgehead atoms. The second-order valence-electron chi connectivity index (χ2n) is 5.97. The smallest absolute Gasteiger partial charge is 0.227 e. The molecule has 0 saturated carbocycles. The van der Waals surface area contributed by atoms with Crippen molar-refractivity contribution >= 4 is 34.8 Å². The summed E-state index contributed by atoms with van der Waals surface area (Å²) in [7, 11) is 0. The molecule has 0 amide bonds. The van der Waals surface area contributed by atoms with E-state index < -0.39 is 0 Å². The average molecular weight is 346 g/mol. The molecule has 0 saturated heterocycles. The molecule has 2 aliphatic rings. The maximum absolute atomic E-state index is 12.7. The molecular weight excluding hydrogens is 328 g/mol. The summed E-state index contributed by atoms with van der Waals surface area (Å²) in [6, 6.07) is 3.96. The molecule has 2 atom stereocenters.